The van der Waals surface area contributed by atoms with Crippen LogP contribution in [-0.2, 0) is 4.79 Å². The fraction of sp³-hybridized carbons (Fsp3) is 0.273. The first kappa shape index (κ1) is 15.2. The highest BCUT2D eigenvalue weighted by atomic mass is 35.5. The summed E-state index contributed by atoms with van der Waals surface area (Å²) in [5.74, 6) is -1.95. The number of nitrogens with one attached hydrogen (secondary N) is 2. The summed E-state index contributed by atoms with van der Waals surface area (Å²) in [4.78, 5) is 22.3. The Hall–Kier alpha value is -1.86. The van der Waals surface area contributed by atoms with Crippen LogP contribution in [0, 0.1) is 5.82 Å². The van der Waals surface area contributed by atoms with E-state index in [-0.39, 0.29) is 10.7 Å². The SMILES string of the molecule is CC(O)C(NC(=O)Nc1ccc(F)cc1Cl)C(=O)O. The molecule has 8 heteroatoms. The van der Waals surface area contributed by atoms with Gasteiger partial charge >= 0.3 is 12.0 Å². The molecule has 0 heterocycles. The number of carboxylic acids is 1. The van der Waals surface area contributed by atoms with E-state index in [2.05, 4.69) is 10.6 Å². The largest absolute Gasteiger partial charge is 0.480 e. The molecule has 0 spiro atoms. The zero-order valence-electron chi connectivity index (χ0n) is 9.85. The van der Waals surface area contributed by atoms with Crippen LogP contribution < -0.4 is 10.6 Å². The first-order chi connectivity index (χ1) is 8.81. The maximum absolute atomic E-state index is 12.8. The molecule has 0 aliphatic heterocycles. The second-order valence-electron chi connectivity index (χ2n) is 3.78. The van der Waals surface area contributed by atoms with Crippen LogP contribution in [0.5, 0.6) is 0 Å². The van der Waals surface area contributed by atoms with Gasteiger partial charge in [-0.15, -0.1) is 0 Å². The van der Waals surface area contributed by atoms with Gasteiger partial charge in [-0.2, -0.15) is 0 Å². The number of urea groups is 1. The lowest BCUT2D eigenvalue weighted by atomic mass is 10.2. The number of hydrogen-bond acceptors (Lipinski definition) is 3. The highest BCUT2D eigenvalue weighted by Gasteiger charge is 2.25. The summed E-state index contributed by atoms with van der Waals surface area (Å²) in [6, 6.07) is 0.988. The van der Waals surface area contributed by atoms with Gasteiger partial charge < -0.3 is 20.8 Å². The number of aliphatic hydroxyl groups is 1. The lowest BCUT2D eigenvalue weighted by Crippen LogP contribution is -2.49. The van der Waals surface area contributed by atoms with E-state index in [9.17, 15) is 19.1 Å². The van der Waals surface area contributed by atoms with Crippen LogP contribution in [0.4, 0.5) is 14.9 Å². The summed E-state index contributed by atoms with van der Waals surface area (Å²) >= 11 is 5.69. The minimum Gasteiger partial charge on any atom is -0.480 e. The summed E-state index contributed by atoms with van der Waals surface area (Å²) in [6.45, 7) is 1.23. The summed E-state index contributed by atoms with van der Waals surface area (Å²) in [7, 11) is 0. The monoisotopic (exact) mass is 290 g/mol. The first-order valence-corrected chi connectivity index (χ1v) is 5.62. The highest BCUT2D eigenvalue weighted by molar-refractivity contribution is 6.33. The molecule has 0 aliphatic rings. The standard InChI is InChI=1S/C11H12ClFN2O4/c1-5(16)9(10(17)18)15-11(19)14-8-3-2-6(13)4-7(8)12/h2-5,9,16H,1H3,(H,17,18)(H2,14,15,19). The predicted molar refractivity (Wildman–Crippen MR) is 66.7 cm³/mol. The minimum absolute atomic E-state index is 0.0286. The number of carboxylic acid groups (broad SMARTS) is 1. The Morgan fingerprint density at radius 3 is 2.53 bits per heavy atom. The van der Waals surface area contributed by atoms with E-state index in [4.69, 9.17) is 16.7 Å². The van der Waals surface area contributed by atoms with Gasteiger partial charge in [0.05, 0.1) is 16.8 Å². The number of hydrogen-bond donors (Lipinski definition) is 4. The third kappa shape index (κ3) is 4.38. The Labute approximate surface area is 113 Å². The summed E-state index contributed by atoms with van der Waals surface area (Å²) in [5, 5.41) is 22.2. The van der Waals surface area contributed by atoms with Crippen molar-refractivity contribution in [2.75, 3.05) is 5.32 Å². The van der Waals surface area contributed by atoms with E-state index in [1.165, 1.54) is 13.0 Å². The van der Waals surface area contributed by atoms with Crippen LogP contribution in [0.1, 0.15) is 6.92 Å². The molecule has 0 saturated heterocycles. The third-order valence-corrected chi connectivity index (χ3v) is 2.53. The van der Waals surface area contributed by atoms with Crippen LogP contribution in [0.25, 0.3) is 0 Å². The number of carbonyl (C=O) groups is 2. The molecule has 0 fully saturated rings. The molecule has 0 saturated carbocycles. The Bertz CT molecular complexity index is 496. The predicted octanol–water partition coefficient (Wildman–Crippen LogP) is 1.43. The normalized spacial score (nSPS) is 13.5. The maximum Gasteiger partial charge on any atom is 0.328 e. The van der Waals surface area contributed by atoms with Crippen molar-refractivity contribution in [3.8, 4) is 0 Å². The quantitative estimate of drug-likeness (QED) is 0.674. The van der Waals surface area contributed by atoms with Gasteiger partial charge in [0.2, 0.25) is 0 Å². The molecule has 19 heavy (non-hydrogen) atoms. The number of benzene rings is 1. The van der Waals surface area contributed by atoms with E-state index < -0.39 is 30.0 Å². The van der Waals surface area contributed by atoms with Crippen molar-refractivity contribution in [3.05, 3.63) is 29.0 Å². The Morgan fingerprint density at radius 2 is 2.05 bits per heavy atom. The molecule has 104 valence electrons. The zero-order valence-corrected chi connectivity index (χ0v) is 10.6. The molecular formula is C11H12ClFN2O4. The van der Waals surface area contributed by atoms with Crippen molar-refractivity contribution in [3.63, 3.8) is 0 Å². The van der Waals surface area contributed by atoms with Crippen LogP contribution in [0.3, 0.4) is 0 Å². The van der Waals surface area contributed by atoms with Gasteiger partial charge in [0.25, 0.3) is 0 Å². The molecule has 1 aromatic carbocycles. The lowest BCUT2D eigenvalue weighted by Gasteiger charge is -2.17. The smallest absolute Gasteiger partial charge is 0.328 e. The number of aliphatic carboxylic acids is 1. The third-order valence-electron chi connectivity index (χ3n) is 2.21. The number of halogens is 2. The molecule has 0 bridgehead atoms. The van der Waals surface area contributed by atoms with Crippen LogP contribution in [-0.4, -0.2) is 34.4 Å². The molecule has 1 rings (SSSR count). The fourth-order valence-electron chi connectivity index (χ4n) is 1.28. The number of amides is 2. The fourth-order valence-corrected chi connectivity index (χ4v) is 1.49. The van der Waals surface area contributed by atoms with E-state index in [0.717, 1.165) is 12.1 Å². The van der Waals surface area contributed by atoms with Crippen molar-refractivity contribution in [2.45, 2.75) is 19.1 Å². The Kier molecular flexibility index (Phi) is 5.08. The summed E-state index contributed by atoms with van der Waals surface area (Å²) in [6.07, 6.45) is -1.27. The summed E-state index contributed by atoms with van der Waals surface area (Å²) < 4.78 is 12.8. The number of aliphatic hydroxyl groups excluding tert-OH is 1. The molecule has 4 N–H and O–H groups in total. The zero-order chi connectivity index (χ0) is 14.6. The van der Waals surface area contributed by atoms with Gasteiger partial charge in [-0.1, -0.05) is 11.6 Å². The van der Waals surface area contributed by atoms with E-state index in [1.807, 2.05) is 0 Å². The van der Waals surface area contributed by atoms with E-state index in [1.54, 1.807) is 0 Å². The highest BCUT2D eigenvalue weighted by Crippen LogP contribution is 2.22. The van der Waals surface area contributed by atoms with Gasteiger partial charge in [0, 0.05) is 0 Å². The first-order valence-electron chi connectivity index (χ1n) is 5.24. The van der Waals surface area contributed by atoms with Crippen LogP contribution in [0.15, 0.2) is 18.2 Å². The maximum atomic E-state index is 12.8. The van der Waals surface area contributed by atoms with Gasteiger partial charge in [-0.05, 0) is 25.1 Å². The van der Waals surface area contributed by atoms with Crippen molar-refractivity contribution in [1.29, 1.82) is 0 Å². The molecule has 0 aliphatic carbocycles. The molecule has 1 aromatic rings. The van der Waals surface area contributed by atoms with Gasteiger partial charge in [0.1, 0.15) is 5.82 Å². The number of rotatable bonds is 4. The molecule has 2 atom stereocenters. The molecule has 6 nitrogen and oxygen atoms in total. The van der Waals surface area contributed by atoms with Gasteiger partial charge in [0.15, 0.2) is 6.04 Å². The van der Waals surface area contributed by atoms with Crippen molar-refractivity contribution in [2.24, 2.45) is 0 Å². The molecular weight excluding hydrogens is 279 g/mol. The second-order valence-corrected chi connectivity index (χ2v) is 4.19. The van der Waals surface area contributed by atoms with Gasteiger partial charge in [-0.3, -0.25) is 0 Å². The summed E-state index contributed by atoms with van der Waals surface area (Å²) in [5.41, 5.74) is 0.121. The number of anilines is 1. The Morgan fingerprint density at radius 1 is 1.42 bits per heavy atom. The van der Waals surface area contributed by atoms with Crippen molar-refractivity contribution >= 4 is 29.3 Å². The van der Waals surface area contributed by atoms with Gasteiger partial charge in [-0.25, -0.2) is 14.0 Å². The number of carbonyl (C=O) groups excluding carboxylic acids is 1. The molecule has 2 amide bonds. The molecule has 0 aromatic heterocycles. The average molecular weight is 291 g/mol. The van der Waals surface area contributed by atoms with E-state index in [0.29, 0.717) is 0 Å². The van der Waals surface area contributed by atoms with Crippen molar-refractivity contribution in [1.82, 2.24) is 5.32 Å². The topological polar surface area (TPSA) is 98.7 Å². The second kappa shape index (κ2) is 6.35. The van der Waals surface area contributed by atoms with Crippen LogP contribution >= 0.6 is 11.6 Å². The Balaban J connectivity index is 2.72. The van der Waals surface area contributed by atoms with E-state index >= 15 is 0 Å². The minimum atomic E-state index is -1.46. The average Bonchev–Trinajstić information content (AvgIpc) is 2.29. The lowest BCUT2D eigenvalue weighted by molar-refractivity contribution is -0.141. The molecule has 2 unspecified atom stereocenters. The van der Waals surface area contributed by atoms with Crippen LogP contribution in [0.2, 0.25) is 5.02 Å². The molecule has 0 radical (unpaired) electrons. The van der Waals surface area contributed by atoms with Crippen molar-refractivity contribution < 1.29 is 24.2 Å².